The highest BCUT2D eigenvalue weighted by Crippen LogP contribution is 2.34. The van der Waals surface area contributed by atoms with E-state index in [-0.39, 0.29) is 0 Å². The van der Waals surface area contributed by atoms with Gasteiger partial charge in [-0.3, -0.25) is 14.6 Å². The van der Waals surface area contributed by atoms with Crippen LogP contribution in [0.25, 0.3) is 10.9 Å². The second-order valence-electron chi connectivity index (χ2n) is 8.24. The zero-order valence-electron chi connectivity index (χ0n) is 18.6. The van der Waals surface area contributed by atoms with Gasteiger partial charge in [0.15, 0.2) is 0 Å². The molecule has 3 heterocycles. The van der Waals surface area contributed by atoms with Gasteiger partial charge in [-0.15, -0.1) is 11.8 Å². The summed E-state index contributed by atoms with van der Waals surface area (Å²) in [6, 6.07) is 7.78. The van der Waals surface area contributed by atoms with Crippen LogP contribution < -0.4 is 0 Å². The molecule has 0 atom stereocenters. The van der Waals surface area contributed by atoms with Crippen LogP contribution in [0, 0.1) is 0 Å². The molecule has 0 saturated carbocycles. The quantitative estimate of drug-likeness (QED) is 0.279. The van der Waals surface area contributed by atoms with Crippen LogP contribution in [0.1, 0.15) is 36.9 Å². The summed E-state index contributed by atoms with van der Waals surface area (Å²) in [4.78, 5) is 7.51. The van der Waals surface area contributed by atoms with Crippen molar-refractivity contribution in [1.29, 1.82) is 0 Å². The molecule has 9 heteroatoms. The maximum atomic E-state index is 12.9. The first-order valence-corrected chi connectivity index (χ1v) is 12.4. The summed E-state index contributed by atoms with van der Waals surface area (Å²) in [5, 5.41) is 5.26. The summed E-state index contributed by atoms with van der Waals surface area (Å²) in [5.74, 6) is 0.935. The summed E-state index contributed by atoms with van der Waals surface area (Å²) in [6.45, 7) is 5.39. The van der Waals surface area contributed by atoms with Crippen molar-refractivity contribution in [3.8, 4) is 0 Å². The van der Waals surface area contributed by atoms with Crippen LogP contribution in [0.4, 0.5) is 13.2 Å². The van der Waals surface area contributed by atoms with Crippen molar-refractivity contribution < 1.29 is 17.9 Å². The number of hydrogen-bond donors (Lipinski definition) is 0. The van der Waals surface area contributed by atoms with Crippen LogP contribution in [0.2, 0.25) is 0 Å². The Morgan fingerprint density at radius 2 is 1.79 bits per heavy atom. The van der Waals surface area contributed by atoms with E-state index >= 15 is 0 Å². The fraction of sp³-hybridized carbons (Fsp3) is 0.500. The minimum Gasteiger partial charge on any atom is -0.379 e. The monoisotopic (exact) mass is 478 g/mol. The van der Waals surface area contributed by atoms with Gasteiger partial charge in [0.05, 0.1) is 30.0 Å². The SMILES string of the molecule is FC(F)(F)c1ccc2c(SCCCCCCn3nccc3CN3CCOCC3)ccnc2c1. The highest BCUT2D eigenvalue weighted by Gasteiger charge is 2.30. The molecule has 1 aliphatic rings. The first-order chi connectivity index (χ1) is 16.0. The minimum absolute atomic E-state index is 0.391. The molecule has 0 radical (unpaired) electrons. The maximum Gasteiger partial charge on any atom is 0.416 e. The lowest BCUT2D eigenvalue weighted by atomic mass is 10.1. The molecule has 0 N–H and O–H groups in total. The zero-order chi connectivity index (χ0) is 23.1. The number of unbranched alkanes of at least 4 members (excludes halogenated alkanes) is 3. The average molecular weight is 479 g/mol. The van der Waals surface area contributed by atoms with Gasteiger partial charge in [0.25, 0.3) is 0 Å². The fourth-order valence-electron chi connectivity index (χ4n) is 4.01. The number of halogens is 3. The Labute approximate surface area is 196 Å². The van der Waals surface area contributed by atoms with E-state index in [4.69, 9.17) is 4.74 Å². The normalized spacial score (nSPS) is 15.4. The minimum atomic E-state index is -4.35. The summed E-state index contributed by atoms with van der Waals surface area (Å²) in [6.07, 6.45) is 3.51. The van der Waals surface area contributed by atoms with Crippen LogP contribution in [0.5, 0.6) is 0 Å². The molecule has 0 amide bonds. The molecule has 0 aliphatic carbocycles. The van der Waals surface area contributed by atoms with Crippen molar-refractivity contribution >= 4 is 22.7 Å². The van der Waals surface area contributed by atoms with Gasteiger partial charge in [0, 0.05) is 48.9 Å². The van der Waals surface area contributed by atoms with Gasteiger partial charge in [-0.05, 0) is 42.9 Å². The van der Waals surface area contributed by atoms with Gasteiger partial charge in [-0.1, -0.05) is 18.9 Å². The van der Waals surface area contributed by atoms with E-state index in [1.807, 2.05) is 12.3 Å². The molecule has 4 rings (SSSR count). The molecule has 0 spiro atoms. The number of fused-ring (bicyclic) bond motifs is 1. The Hall–Kier alpha value is -2.10. The Morgan fingerprint density at radius 3 is 2.61 bits per heavy atom. The lowest BCUT2D eigenvalue weighted by Crippen LogP contribution is -2.36. The molecular formula is C24H29F3N4OS. The van der Waals surface area contributed by atoms with E-state index in [1.165, 1.54) is 11.8 Å². The number of thioether (sulfide) groups is 1. The summed E-state index contributed by atoms with van der Waals surface area (Å²) in [5.41, 5.74) is 0.988. The van der Waals surface area contributed by atoms with Crippen molar-refractivity contribution in [2.45, 2.75) is 49.8 Å². The molecule has 1 aromatic carbocycles. The Morgan fingerprint density at radius 1 is 0.970 bits per heavy atom. The van der Waals surface area contributed by atoms with Gasteiger partial charge in [0.2, 0.25) is 0 Å². The standard InChI is InChI=1S/C24H29F3N4OS/c25-24(26,27)19-5-6-21-22(17-19)28-9-8-23(21)33-16-4-2-1-3-11-31-20(7-10-29-31)18-30-12-14-32-15-13-30/h5-10,17H,1-4,11-16,18H2. The highest BCUT2D eigenvalue weighted by molar-refractivity contribution is 7.99. The van der Waals surface area contributed by atoms with Crippen LogP contribution in [-0.2, 0) is 24.0 Å². The lowest BCUT2D eigenvalue weighted by Gasteiger charge is -2.26. The van der Waals surface area contributed by atoms with Crippen LogP contribution >= 0.6 is 11.8 Å². The van der Waals surface area contributed by atoms with E-state index in [1.54, 1.807) is 18.0 Å². The van der Waals surface area contributed by atoms with E-state index in [0.717, 1.165) is 93.2 Å². The smallest absolute Gasteiger partial charge is 0.379 e. The van der Waals surface area contributed by atoms with Crippen molar-refractivity contribution in [3.63, 3.8) is 0 Å². The van der Waals surface area contributed by atoms with Crippen LogP contribution in [-0.4, -0.2) is 51.7 Å². The molecule has 3 aromatic rings. The summed E-state index contributed by atoms with van der Waals surface area (Å²) in [7, 11) is 0. The fourth-order valence-corrected chi connectivity index (χ4v) is 5.06. The molecule has 1 aliphatic heterocycles. The Balaban J connectivity index is 1.18. The number of nitrogens with zero attached hydrogens (tertiary/aromatic N) is 4. The average Bonchev–Trinajstić information content (AvgIpc) is 3.25. The van der Waals surface area contributed by atoms with Gasteiger partial charge in [0.1, 0.15) is 0 Å². The number of benzene rings is 1. The largest absolute Gasteiger partial charge is 0.416 e. The van der Waals surface area contributed by atoms with Gasteiger partial charge in [-0.25, -0.2) is 0 Å². The van der Waals surface area contributed by atoms with Gasteiger partial charge in [-0.2, -0.15) is 18.3 Å². The van der Waals surface area contributed by atoms with Crippen LogP contribution in [0.15, 0.2) is 47.6 Å². The number of aryl methyl sites for hydroxylation is 1. The molecule has 0 bridgehead atoms. The molecule has 33 heavy (non-hydrogen) atoms. The van der Waals surface area contributed by atoms with Crippen LogP contribution in [0.3, 0.4) is 0 Å². The summed E-state index contributed by atoms with van der Waals surface area (Å²) < 4.78 is 46.3. The maximum absolute atomic E-state index is 12.9. The predicted octanol–water partition coefficient (Wildman–Crippen LogP) is 5.64. The number of aromatic nitrogens is 3. The molecule has 0 unspecified atom stereocenters. The van der Waals surface area contributed by atoms with E-state index in [9.17, 15) is 13.2 Å². The number of alkyl halides is 3. The second kappa shape index (κ2) is 11.4. The first kappa shape index (κ1) is 24.0. The molecule has 178 valence electrons. The topological polar surface area (TPSA) is 43.2 Å². The Bertz CT molecular complexity index is 1030. The summed E-state index contributed by atoms with van der Waals surface area (Å²) >= 11 is 1.69. The third kappa shape index (κ3) is 6.71. The molecule has 1 saturated heterocycles. The van der Waals surface area contributed by atoms with E-state index in [0.29, 0.717) is 5.52 Å². The second-order valence-corrected chi connectivity index (χ2v) is 9.37. The van der Waals surface area contributed by atoms with Crippen molar-refractivity contribution in [2.24, 2.45) is 0 Å². The number of pyridine rings is 1. The molecule has 2 aromatic heterocycles. The predicted molar refractivity (Wildman–Crippen MR) is 124 cm³/mol. The highest BCUT2D eigenvalue weighted by atomic mass is 32.2. The van der Waals surface area contributed by atoms with Crippen molar-refractivity contribution in [2.75, 3.05) is 32.1 Å². The van der Waals surface area contributed by atoms with Crippen molar-refractivity contribution in [3.05, 3.63) is 54.0 Å². The van der Waals surface area contributed by atoms with Crippen molar-refractivity contribution in [1.82, 2.24) is 19.7 Å². The molecule has 1 fully saturated rings. The molecular weight excluding hydrogens is 449 g/mol. The Kier molecular flexibility index (Phi) is 8.27. The van der Waals surface area contributed by atoms with E-state index in [2.05, 4.69) is 25.7 Å². The number of ether oxygens (including phenoxy) is 1. The number of morpholine rings is 1. The lowest BCUT2D eigenvalue weighted by molar-refractivity contribution is -0.137. The number of rotatable bonds is 10. The number of hydrogen-bond acceptors (Lipinski definition) is 5. The van der Waals surface area contributed by atoms with Gasteiger partial charge < -0.3 is 4.74 Å². The zero-order valence-corrected chi connectivity index (χ0v) is 19.4. The third-order valence-electron chi connectivity index (χ3n) is 5.85. The van der Waals surface area contributed by atoms with E-state index < -0.39 is 11.7 Å². The first-order valence-electron chi connectivity index (χ1n) is 11.4. The van der Waals surface area contributed by atoms with Gasteiger partial charge >= 0.3 is 6.18 Å². The third-order valence-corrected chi connectivity index (χ3v) is 7.01. The molecule has 5 nitrogen and oxygen atoms in total.